The number of allylic oxidation sites excluding steroid dienone is 4. The molecule has 3 saturated carbocycles. The largest absolute Gasteiger partial charge is 0.0859 e. The molecule has 0 aromatic rings. The standard InChI is InChI=1S/C31H52/c1-21(2)11-10-12-22(3)24-14-15-25-23-13-16-27-29(6,7)28(4,5)19-20-31(27,9)26(23)17-18-30(24,25)8/h11,13,16,22-27H,10,12,14-15,17-20H2,1-9H3. The molecular weight excluding hydrogens is 372 g/mol. The first-order valence-corrected chi connectivity index (χ1v) is 13.7. The van der Waals surface area contributed by atoms with Crippen molar-refractivity contribution in [3.63, 3.8) is 0 Å². The first-order valence-electron chi connectivity index (χ1n) is 13.7. The summed E-state index contributed by atoms with van der Waals surface area (Å²) in [7, 11) is 0. The van der Waals surface area contributed by atoms with Crippen molar-refractivity contribution >= 4 is 0 Å². The van der Waals surface area contributed by atoms with Crippen molar-refractivity contribution in [2.45, 2.75) is 114 Å². The average molecular weight is 425 g/mol. The van der Waals surface area contributed by atoms with E-state index in [0.29, 0.717) is 21.7 Å². The molecule has 0 nitrogen and oxygen atoms in total. The molecule has 8 unspecified atom stereocenters. The van der Waals surface area contributed by atoms with Gasteiger partial charge >= 0.3 is 0 Å². The summed E-state index contributed by atoms with van der Waals surface area (Å²) in [5, 5.41) is 0. The summed E-state index contributed by atoms with van der Waals surface area (Å²) in [6, 6.07) is 0. The number of fused-ring (bicyclic) bond motifs is 5. The summed E-state index contributed by atoms with van der Waals surface area (Å²) >= 11 is 0. The first kappa shape index (κ1) is 23.6. The fourth-order valence-corrected chi connectivity index (χ4v) is 9.46. The highest BCUT2D eigenvalue weighted by atomic mass is 14.7. The van der Waals surface area contributed by atoms with Crippen LogP contribution in [0.15, 0.2) is 23.8 Å². The van der Waals surface area contributed by atoms with Crippen molar-refractivity contribution in [1.29, 1.82) is 0 Å². The summed E-state index contributed by atoms with van der Waals surface area (Å²) in [5.74, 6) is 5.23. The van der Waals surface area contributed by atoms with Crippen molar-refractivity contribution in [3.05, 3.63) is 23.8 Å². The highest BCUT2D eigenvalue weighted by Gasteiger charge is 2.63. The van der Waals surface area contributed by atoms with Crippen LogP contribution >= 0.6 is 0 Å². The lowest BCUT2D eigenvalue weighted by Crippen LogP contribution is -2.58. The fraction of sp³-hybridized carbons (Fsp3) is 0.871. The summed E-state index contributed by atoms with van der Waals surface area (Å²) in [6.45, 7) is 22.7. The molecular formula is C31H52. The van der Waals surface area contributed by atoms with Gasteiger partial charge in [-0.3, -0.25) is 0 Å². The van der Waals surface area contributed by atoms with Gasteiger partial charge in [0.25, 0.3) is 0 Å². The van der Waals surface area contributed by atoms with Crippen LogP contribution in [0, 0.1) is 57.2 Å². The van der Waals surface area contributed by atoms with E-state index in [0.717, 1.165) is 35.5 Å². The molecule has 0 radical (unpaired) electrons. The van der Waals surface area contributed by atoms with Gasteiger partial charge in [0.15, 0.2) is 0 Å². The minimum absolute atomic E-state index is 0.389. The Balaban J connectivity index is 1.57. The Kier molecular flexibility index (Phi) is 5.92. The zero-order valence-corrected chi connectivity index (χ0v) is 22.4. The second kappa shape index (κ2) is 7.77. The molecule has 31 heavy (non-hydrogen) atoms. The van der Waals surface area contributed by atoms with Crippen LogP contribution < -0.4 is 0 Å². The summed E-state index contributed by atoms with van der Waals surface area (Å²) in [6.07, 6.45) is 19.4. The fourth-order valence-electron chi connectivity index (χ4n) is 9.46. The Morgan fingerprint density at radius 2 is 1.55 bits per heavy atom. The van der Waals surface area contributed by atoms with Gasteiger partial charge < -0.3 is 0 Å². The molecule has 0 bridgehead atoms. The maximum Gasteiger partial charge on any atom is -0.0120 e. The Morgan fingerprint density at radius 3 is 2.23 bits per heavy atom. The van der Waals surface area contributed by atoms with Gasteiger partial charge in [0.1, 0.15) is 0 Å². The molecule has 0 aliphatic heterocycles. The predicted octanol–water partition coefficient (Wildman–Crippen LogP) is 9.47. The van der Waals surface area contributed by atoms with Gasteiger partial charge in [-0.1, -0.05) is 72.3 Å². The van der Waals surface area contributed by atoms with Gasteiger partial charge in [0.05, 0.1) is 0 Å². The Bertz CT molecular complexity index is 731. The summed E-state index contributed by atoms with van der Waals surface area (Å²) < 4.78 is 0. The molecule has 0 aromatic carbocycles. The second-order valence-electron chi connectivity index (χ2n) is 14.3. The minimum Gasteiger partial charge on any atom is -0.0859 e. The smallest absolute Gasteiger partial charge is 0.0120 e. The third-order valence-corrected chi connectivity index (χ3v) is 12.2. The van der Waals surface area contributed by atoms with E-state index >= 15 is 0 Å². The molecule has 0 saturated heterocycles. The van der Waals surface area contributed by atoms with E-state index < -0.39 is 0 Å². The Hall–Kier alpha value is -0.520. The molecule has 4 aliphatic carbocycles. The summed E-state index contributed by atoms with van der Waals surface area (Å²) in [4.78, 5) is 0. The van der Waals surface area contributed by atoms with Gasteiger partial charge in [-0.15, -0.1) is 0 Å². The van der Waals surface area contributed by atoms with E-state index in [9.17, 15) is 0 Å². The van der Waals surface area contributed by atoms with Crippen LogP contribution in [0.25, 0.3) is 0 Å². The van der Waals surface area contributed by atoms with Gasteiger partial charge in [0, 0.05) is 0 Å². The molecule has 0 heterocycles. The Labute approximate surface area is 194 Å². The van der Waals surface area contributed by atoms with Gasteiger partial charge in [-0.2, -0.15) is 0 Å². The van der Waals surface area contributed by atoms with Gasteiger partial charge in [-0.05, 0) is 122 Å². The predicted molar refractivity (Wildman–Crippen MR) is 136 cm³/mol. The molecule has 0 N–H and O–H groups in total. The molecule has 176 valence electrons. The highest BCUT2D eigenvalue weighted by Crippen LogP contribution is 2.70. The van der Waals surface area contributed by atoms with Crippen LogP contribution in [-0.2, 0) is 0 Å². The Morgan fingerprint density at radius 1 is 0.871 bits per heavy atom. The van der Waals surface area contributed by atoms with E-state index in [1.54, 1.807) is 0 Å². The molecule has 3 fully saturated rings. The summed E-state index contributed by atoms with van der Waals surface area (Å²) in [5.41, 5.74) is 3.39. The molecule has 4 aliphatic rings. The lowest BCUT2D eigenvalue weighted by molar-refractivity contribution is -0.136. The van der Waals surface area contributed by atoms with Crippen LogP contribution in [0.5, 0.6) is 0 Å². The number of hydrogen-bond acceptors (Lipinski definition) is 0. The van der Waals surface area contributed by atoms with Crippen molar-refractivity contribution in [2.24, 2.45) is 57.2 Å². The zero-order valence-electron chi connectivity index (χ0n) is 22.4. The maximum atomic E-state index is 2.76. The van der Waals surface area contributed by atoms with Crippen molar-refractivity contribution in [3.8, 4) is 0 Å². The van der Waals surface area contributed by atoms with E-state index in [1.807, 2.05) is 0 Å². The van der Waals surface area contributed by atoms with Crippen molar-refractivity contribution < 1.29 is 0 Å². The topological polar surface area (TPSA) is 0 Å². The monoisotopic (exact) mass is 424 g/mol. The van der Waals surface area contributed by atoms with E-state index in [2.05, 4.69) is 80.5 Å². The lowest BCUT2D eigenvalue weighted by atomic mass is 9.39. The molecule has 0 heteroatoms. The number of hydrogen-bond donors (Lipinski definition) is 0. The van der Waals surface area contributed by atoms with Crippen LogP contribution in [0.1, 0.15) is 114 Å². The van der Waals surface area contributed by atoms with Crippen LogP contribution in [-0.4, -0.2) is 0 Å². The van der Waals surface area contributed by atoms with E-state index in [4.69, 9.17) is 0 Å². The van der Waals surface area contributed by atoms with E-state index in [1.165, 1.54) is 56.9 Å². The molecule has 4 rings (SSSR count). The van der Waals surface area contributed by atoms with Gasteiger partial charge in [0.2, 0.25) is 0 Å². The van der Waals surface area contributed by atoms with Crippen LogP contribution in [0.3, 0.4) is 0 Å². The third-order valence-electron chi connectivity index (χ3n) is 12.2. The van der Waals surface area contributed by atoms with Crippen LogP contribution in [0.4, 0.5) is 0 Å². The number of rotatable bonds is 4. The molecule has 0 spiro atoms. The highest BCUT2D eigenvalue weighted by molar-refractivity contribution is 5.21. The molecule has 0 aromatic heterocycles. The zero-order chi connectivity index (χ0) is 22.8. The van der Waals surface area contributed by atoms with Gasteiger partial charge in [-0.25, -0.2) is 0 Å². The third kappa shape index (κ3) is 3.52. The van der Waals surface area contributed by atoms with Crippen molar-refractivity contribution in [1.82, 2.24) is 0 Å². The molecule has 0 amide bonds. The normalized spacial score (nSPS) is 45.9. The first-order chi connectivity index (χ1) is 14.3. The van der Waals surface area contributed by atoms with E-state index in [-0.39, 0.29) is 0 Å². The second-order valence-corrected chi connectivity index (χ2v) is 14.3. The average Bonchev–Trinajstić information content (AvgIpc) is 3.02. The minimum atomic E-state index is 0.389. The SMILES string of the molecule is CC(C)=CCCC(C)C1CCC2C3C=CC4C(C)(CCC(C)(C)C4(C)C)C3CCC12C. The van der Waals surface area contributed by atoms with Crippen LogP contribution in [0.2, 0.25) is 0 Å². The maximum absolute atomic E-state index is 2.76. The molecule has 8 atom stereocenters. The lowest BCUT2D eigenvalue weighted by Gasteiger charge is -2.65. The van der Waals surface area contributed by atoms with Crippen molar-refractivity contribution in [2.75, 3.05) is 0 Å². The quantitative estimate of drug-likeness (QED) is 0.394.